The fourth-order valence-electron chi connectivity index (χ4n) is 5.69. The molecule has 0 atom stereocenters. The molecule has 2 nitrogen and oxygen atoms in total. The first-order chi connectivity index (χ1) is 16.6. The zero-order chi connectivity index (χ0) is 22.9. The largest absolute Gasteiger partial charge is 0.456 e. The van der Waals surface area contributed by atoms with Gasteiger partial charge in [0.25, 0.3) is 0 Å². The molecule has 0 radical (unpaired) electrons. The number of furan rings is 1. The Hall–Kier alpha value is -4.17. The van der Waals surface area contributed by atoms with E-state index in [1.807, 2.05) is 24.5 Å². The lowest BCUT2D eigenvalue weighted by atomic mass is 9.80. The van der Waals surface area contributed by atoms with Gasteiger partial charge in [-0.3, -0.25) is 4.98 Å². The normalized spacial score (nSPS) is 13.8. The second-order valence-corrected chi connectivity index (χ2v) is 9.66. The van der Waals surface area contributed by atoms with E-state index in [0.29, 0.717) is 0 Å². The summed E-state index contributed by atoms with van der Waals surface area (Å²) >= 11 is 0. The van der Waals surface area contributed by atoms with Gasteiger partial charge in [0.2, 0.25) is 0 Å². The summed E-state index contributed by atoms with van der Waals surface area (Å²) in [5.74, 6) is 0. The molecule has 0 amide bonds. The van der Waals surface area contributed by atoms with Crippen molar-refractivity contribution in [1.82, 2.24) is 4.98 Å². The highest BCUT2D eigenvalue weighted by Crippen LogP contribution is 2.53. The number of benzene rings is 4. The van der Waals surface area contributed by atoms with E-state index >= 15 is 0 Å². The van der Waals surface area contributed by atoms with Crippen LogP contribution in [0.1, 0.15) is 25.0 Å². The van der Waals surface area contributed by atoms with Crippen LogP contribution in [0, 0.1) is 0 Å². The van der Waals surface area contributed by atoms with Crippen molar-refractivity contribution in [2.24, 2.45) is 0 Å². The molecule has 162 valence electrons. The molecule has 1 aliphatic carbocycles. The molecular weight excluding hydrogens is 414 g/mol. The van der Waals surface area contributed by atoms with Crippen LogP contribution in [0.25, 0.3) is 55.3 Å². The molecule has 0 saturated heterocycles. The van der Waals surface area contributed by atoms with Crippen molar-refractivity contribution >= 4 is 21.9 Å². The number of nitrogens with zero attached hydrogens (tertiary/aromatic N) is 1. The van der Waals surface area contributed by atoms with Crippen LogP contribution >= 0.6 is 0 Å². The molecule has 7 rings (SSSR count). The first-order valence-corrected chi connectivity index (χ1v) is 11.7. The topological polar surface area (TPSA) is 26.0 Å². The second kappa shape index (κ2) is 6.91. The van der Waals surface area contributed by atoms with Crippen molar-refractivity contribution in [2.75, 3.05) is 0 Å². The van der Waals surface area contributed by atoms with Gasteiger partial charge in [0.1, 0.15) is 11.2 Å². The quantitative estimate of drug-likeness (QED) is 0.271. The molecule has 0 bridgehead atoms. The molecule has 0 N–H and O–H groups in total. The number of aromatic nitrogens is 1. The molecule has 4 aromatic carbocycles. The highest BCUT2D eigenvalue weighted by molar-refractivity contribution is 6.11. The lowest BCUT2D eigenvalue weighted by molar-refractivity contribution is 0.657. The molecule has 0 fully saturated rings. The van der Waals surface area contributed by atoms with Crippen molar-refractivity contribution in [2.45, 2.75) is 19.3 Å². The van der Waals surface area contributed by atoms with E-state index in [-0.39, 0.29) is 5.41 Å². The molecule has 0 spiro atoms. The maximum Gasteiger partial charge on any atom is 0.135 e. The van der Waals surface area contributed by atoms with E-state index in [9.17, 15) is 0 Å². The standard InChI is InChI=1S/C32H23NO/c1-32(2)27-18-22(20-9-11-21(12-10-20)23-6-5-17-33-19-23)13-14-24(27)25-15-16-29-30(31(25)32)26-7-3-4-8-28(26)34-29/h3-19H,1-2H3. The Morgan fingerprint density at radius 3 is 2.18 bits per heavy atom. The zero-order valence-corrected chi connectivity index (χ0v) is 19.2. The smallest absolute Gasteiger partial charge is 0.135 e. The summed E-state index contributed by atoms with van der Waals surface area (Å²) < 4.78 is 6.21. The van der Waals surface area contributed by atoms with E-state index in [2.05, 4.69) is 97.7 Å². The van der Waals surface area contributed by atoms with Crippen LogP contribution in [-0.2, 0) is 5.41 Å². The predicted octanol–water partition coefficient (Wildman–Crippen LogP) is 8.62. The van der Waals surface area contributed by atoms with Crippen molar-refractivity contribution in [1.29, 1.82) is 0 Å². The highest BCUT2D eigenvalue weighted by Gasteiger charge is 2.38. The molecule has 6 aromatic rings. The summed E-state index contributed by atoms with van der Waals surface area (Å²) in [6, 6.07) is 32.5. The van der Waals surface area contributed by atoms with Crippen LogP contribution in [-0.4, -0.2) is 4.98 Å². The summed E-state index contributed by atoms with van der Waals surface area (Å²) in [5, 5.41) is 2.44. The van der Waals surface area contributed by atoms with Gasteiger partial charge in [0, 0.05) is 28.6 Å². The fraction of sp³-hybridized carbons (Fsp3) is 0.0938. The monoisotopic (exact) mass is 437 g/mol. The minimum atomic E-state index is -0.123. The van der Waals surface area contributed by atoms with E-state index < -0.39 is 0 Å². The van der Waals surface area contributed by atoms with Crippen LogP contribution < -0.4 is 0 Å². The minimum Gasteiger partial charge on any atom is -0.456 e. The number of fused-ring (bicyclic) bond motifs is 7. The van der Waals surface area contributed by atoms with E-state index in [4.69, 9.17) is 4.42 Å². The maximum atomic E-state index is 6.21. The molecule has 2 aromatic heterocycles. The van der Waals surface area contributed by atoms with Crippen LogP contribution in [0.3, 0.4) is 0 Å². The molecule has 34 heavy (non-hydrogen) atoms. The second-order valence-electron chi connectivity index (χ2n) is 9.66. The van der Waals surface area contributed by atoms with Crippen molar-refractivity contribution < 1.29 is 4.42 Å². The molecule has 2 heteroatoms. The van der Waals surface area contributed by atoms with Crippen LogP contribution in [0.5, 0.6) is 0 Å². The number of hydrogen-bond donors (Lipinski definition) is 0. The Labute approximate surface area is 198 Å². The van der Waals surface area contributed by atoms with Crippen molar-refractivity contribution in [3.63, 3.8) is 0 Å². The summed E-state index contributed by atoms with van der Waals surface area (Å²) in [6.45, 7) is 4.68. The van der Waals surface area contributed by atoms with Gasteiger partial charge in [0.15, 0.2) is 0 Å². The Bertz CT molecular complexity index is 1710. The highest BCUT2D eigenvalue weighted by atomic mass is 16.3. The summed E-state index contributed by atoms with van der Waals surface area (Å²) in [4.78, 5) is 4.25. The third-order valence-corrected chi connectivity index (χ3v) is 7.36. The van der Waals surface area contributed by atoms with Crippen LogP contribution in [0.15, 0.2) is 108 Å². The van der Waals surface area contributed by atoms with Gasteiger partial charge in [-0.15, -0.1) is 0 Å². The molecule has 0 saturated carbocycles. The maximum absolute atomic E-state index is 6.21. The Morgan fingerprint density at radius 2 is 1.38 bits per heavy atom. The van der Waals surface area contributed by atoms with E-state index in [1.165, 1.54) is 49.7 Å². The van der Waals surface area contributed by atoms with Crippen molar-refractivity contribution in [3.8, 4) is 33.4 Å². The number of pyridine rings is 1. The summed E-state index contributed by atoms with van der Waals surface area (Å²) in [7, 11) is 0. The first kappa shape index (κ1) is 19.3. The molecule has 0 unspecified atom stereocenters. The molecule has 0 aliphatic heterocycles. The Kier molecular flexibility index (Phi) is 3.93. The summed E-state index contributed by atoms with van der Waals surface area (Å²) in [6.07, 6.45) is 3.72. The number of rotatable bonds is 2. The number of para-hydroxylation sites is 1. The molecule has 1 aliphatic rings. The lowest BCUT2D eigenvalue weighted by Crippen LogP contribution is -2.15. The van der Waals surface area contributed by atoms with Crippen LogP contribution in [0.4, 0.5) is 0 Å². The van der Waals surface area contributed by atoms with Gasteiger partial charge >= 0.3 is 0 Å². The van der Waals surface area contributed by atoms with E-state index in [1.54, 1.807) is 0 Å². The summed E-state index contributed by atoms with van der Waals surface area (Å²) in [5.41, 5.74) is 12.0. The van der Waals surface area contributed by atoms with Gasteiger partial charge in [-0.2, -0.15) is 0 Å². The van der Waals surface area contributed by atoms with Gasteiger partial charge in [-0.25, -0.2) is 0 Å². The molecular formula is C32H23NO. The SMILES string of the molecule is CC1(C)c2cc(-c3ccc(-c4cccnc4)cc3)ccc2-c2ccc3oc4ccccc4c3c21. The third kappa shape index (κ3) is 2.66. The van der Waals surface area contributed by atoms with Gasteiger partial charge < -0.3 is 4.42 Å². The average Bonchev–Trinajstić information content (AvgIpc) is 3.37. The minimum absolute atomic E-state index is 0.123. The van der Waals surface area contributed by atoms with Gasteiger partial charge in [-0.05, 0) is 68.8 Å². The van der Waals surface area contributed by atoms with Gasteiger partial charge in [-0.1, -0.05) is 80.6 Å². The lowest BCUT2D eigenvalue weighted by Gasteiger charge is -2.23. The van der Waals surface area contributed by atoms with E-state index in [0.717, 1.165) is 16.7 Å². The number of hydrogen-bond acceptors (Lipinski definition) is 2. The zero-order valence-electron chi connectivity index (χ0n) is 19.2. The van der Waals surface area contributed by atoms with Crippen LogP contribution in [0.2, 0.25) is 0 Å². The average molecular weight is 438 g/mol. The third-order valence-electron chi connectivity index (χ3n) is 7.36. The fourth-order valence-corrected chi connectivity index (χ4v) is 5.69. The Balaban J connectivity index is 1.37. The molecule has 2 heterocycles. The van der Waals surface area contributed by atoms with Crippen molar-refractivity contribution in [3.05, 3.63) is 115 Å². The first-order valence-electron chi connectivity index (χ1n) is 11.7. The predicted molar refractivity (Wildman–Crippen MR) is 140 cm³/mol. The van der Waals surface area contributed by atoms with Gasteiger partial charge in [0.05, 0.1) is 0 Å². The Morgan fingerprint density at radius 1 is 0.647 bits per heavy atom.